The van der Waals surface area contributed by atoms with Gasteiger partial charge in [-0.05, 0) is 43.7 Å². The fourth-order valence-corrected chi connectivity index (χ4v) is 4.66. The normalized spacial score (nSPS) is 10.4. The fourth-order valence-electron chi connectivity index (χ4n) is 4.33. The third-order valence-electron chi connectivity index (χ3n) is 6.57. The van der Waals surface area contributed by atoms with E-state index in [1.807, 2.05) is 38.9 Å². The molecule has 13 nitrogen and oxygen atoms in total. The number of benzene rings is 1. The Kier molecular flexibility index (Phi) is 27.7. The molecule has 0 bridgehead atoms. The van der Waals surface area contributed by atoms with E-state index in [1.165, 1.54) is 25.7 Å². The zero-order chi connectivity index (χ0) is 33.2. The molecular weight excluding hydrogens is 773 g/mol. The minimum Gasteiger partial charge on any atom is 0 e. The number of aromatic nitrogens is 4. The van der Waals surface area contributed by atoms with E-state index in [1.54, 1.807) is 24.3 Å². The van der Waals surface area contributed by atoms with E-state index >= 15 is 0 Å². The molecule has 1 aromatic carbocycles. The minimum absolute atomic E-state index is 0. The number of nitrogens with zero attached hydrogens (tertiary/aromatic N) is 5. The molecule has 245 valence electrons. The van der Waals surface area contributed by atoms with E-state index in [2.05, 4.69) is 54.0 Å². The van der Waals surface area contributed by atoms with Gasteiger partial charge in [0, 0.05) is 88.4 Å². The van der Waals surface area contributed by atoms with Crippen molar-refractivity contribution < 1.29 is 47.9 Å². The van der Waals surface area contributed by atoms with Crippen LogP contribution in [-0.4, -0.2) is 45.2 Å². The van der Waals surface area contributed by atoms with Crippen molar-refractivity contribution in [3.05, 3.63) is 80.7 Å². The zero-order valence-electron chi connectivity index (χ0n) is 25.6. The largest absolute Gasteiger partial charge is 0 e. The molecule has 1 unspecified atom stereocenters. The van der Waals surface area contributed by atoms with Crippen LogP contribution < -0.4 is 10.0 Å². The van der Waals surface area contributed by atoms with Crippen LogP contribution in [-0.2, 0) is 77.6 Å². The second kappa shape index (κ2) is 28.3. The monoisotopic (exact) mass is 813 g/mol. The molecule has 1 amide bonds. The summed E-state index contributed by atoms with van der Waals surface area (Å²) in [7, 11) is 4.07. The van der Waals surface area contributed by atoms with E-state index in [9.17, 15) is 13.6 Å². The molecule has 0 saturated carbocycles. The molecule has 3 aromatic rings. The van der Waals surface area contributed by atoms with Crippen molar-refractivity contribution in [3.63, 3.8) is 0 Å². The van der Waals surface area contributed by atoms with Crippen LogP contribution in [0.5, 0.6) is 0 Å². The number of carbonyl (C=O) groups excluding carboxylic acids is 1. The number of rotatable bonds is 18. The molecule has 15 heteroatoms. The Labute approximate surface area is 281 Å². The molecular formula is C30H40N7O6ReS-. The van der Waals surface area contributed by atoms with E-state index in [4.69, 9.17) is 14.0 Å². The van der Waals surface area contributed by atoms with Gasteiger partial charge in [0.25, 0.3) is 0 Å². The number of anilines is 2. The van der Waals surface area contributed by atoms with Gasteiger partial charge in [-0.3, -0.25) is 13.9 Å². The van der Waals surface area contributed by atoms with Gasteiger partial charge in [0.2, 0.25) is 5.91 Å². The van der Waals surface area contributed by atoms with Crippen molar-refractivity contribution in [1.82, 2.24) is 24.0 Å². The van der Waals surface area contributed by atoms with Crippen LogP contribution in [0.2, 0.25) is 0 Å². The van der Waals surface area contributed by atoms with Crippen LogP contribution in [0.1, 0.15) is 69.4 Å². The standard InChI is InChI=1S/C27H41N7O3S.3CO.Re/c1-32-19-16-28-25(32)21-34(22-26-29-17-20-33(26)2)18-10-8-6-4-3-5-7-9-11-27(35)30-23-12-14-24(15-13-23)31-38(36)37;3*1-2;/h12-17,19-20,31H,3-11,18,21-22H2,1-2H3,(H,30,35)(H,36,37);;;;/p-1. The van der Waals surface area contributed by atoms with E-state index in [-0.39, 0.29) is 26.3 Å². The summed E-state index contributed by atoms with van der Waals surface area (Å²) >= 11 is -2.35. The maximum absolute atomic E-state index is 12.1. The first-order chi connectivity index (χ1) is 21.4. The maximum atomic E-state index is 12.1. The van der Waals surface area contributed by atoms with Gasteiger partial charge in [0.1, 0.15) is 11.6 Å². The number of unbranched alkanes of at least 4 members (excludes halogenated alkanes) is 7. The molecule has 3 rings (SSSR count). The van der Waals surface area contributed by atoms with Crippen molar-refractivity contribution in [1.29, 1.82) is 0 Å². The topological polar surface area (TPSA) is 180 Å². The van der Waals surface area contributed by atoms with Crippen LogP contribution in [0.3, 0.4) is 0 Å². The Morgan fingerprint density at radius 1 is 0.800 bits per heavy atom. The van der Waals surface area contributed by atoms with Crippen LogP contribution >= 0.6 is 0 Å². The second-order valence-electron chi connectivity index (χ2n) is 9.66. The van der Waals surface area contributed by atoms with Crippen LogP contribution in [0, 0.1) is 20.0 Å². The van der Waals surface area contributed by atoms with Crippen LogP contribution in [0.4, 0.5) is 11.4 Å². The first-order valence-electron chi connectivity index (χ1n) is 13.9. The summed E-state index contributed by atoms with van der Waals surface area (Å²) in [6.07, 6.45) is 17.2. The van der Waals surface area contributed by atoms with Gasteiger partial charge in [-0.2, -0.15) is 0 Å². The number of hydrogen-bond donors (Lipinski definition) is 2. The number of carbonyl (C=O) groups is 1. The maximum Gasteiger partial charge on any atom is 0 e. The molecule has 0 saturated heterocycles. The van der Waals surface area contributed by atoms with Crippen LogP contribution in [0.25, 0.3) is 0 Å². The van der Waals surface area contributed by atoms with Gasteiger partial charge in [-0.25, -0.2) is 9.97 Å². The third kappa shape index (κ3) is 19.8. The summed E-state index contributed by atoms with van der Waals surface area (Å²) in [5.41, 5.74) is 1.12. The quantitative estimate of drug-likeness (QED) is 0.0832. The molecule has 0 spiro atoms. The average Bonchev–Trinajstić information content (AvgIpc) is 3.64. The molecule has 0 fully saturated rings. The van der Waals surface area contributed by atoms with Crippen molar-refractivity contribution in [3.8, 4) is 0 Å². The Morgan fingerprint density at radius 2 is 1.22 bits per heavy atom. The first kappa shape index (κ1) is 44.0. The third-order valence-corrected chi connectivity index (χ3v) is 6.97. The predicted molar refractivity (Wildman–Crippen MR) is 161 cm³/mol. The van der Waals surface area contributed by atoms with E-state index in [0.717, 1.165) is 57.0 Å². The summed E-state index contributed by atoms with van der Waals surface area (Å²) in [6, 6.07) is 6.60. The van der Waals surface area contributed by atoms with Gasteiger partial charge in [-0.1, -0.05) is 38.5 Å². The summed E-state index contributed by atoms with van der Waals surface area (Å²) in [4.78, 5) is 23.5. The number of amides is 1. The van der Waals surface area contributed by atoms with Gasteiger partial charge in [0.15, 0.2) is 0 Å². The summed E-state index contributed by atoms with van der Waals surface area (Å²) in [5, 5.41) is 2.85. The molecule has 1 radical (unpaired) electrons. The summed E-state index contributed by atoms with van der Waals surface area (Å²) in [6.45, 7) is 16.2. The van der Waals surface area contributed by atoms with Crippen molar-refractivity contribution in [2.45, 2.75) is 70.9 Å². The number of nitrogens with one attached hydrogen (secondary N) is 2. The molecule has 0 aliphatic heterocycles. The SMILES string of the molecule is Cn1ccnc1CN(CCCCCCCCCCC(=O)Nc1ccc(NS(=O)[O-])cc1)Cc1nccn1C.[C-]#[O+].[C-]#[O+].[C-]#[O+].[Re]. The summed E-state index contributed by atoms with van der Waals surface area (Å²) < 4.78 is 50.2. The molecule has 1 atom stereocenters. The zero-order valence-corrected chi connectivity index (χ0v) is 29.1. The second-order valence-corrected chi connectivity index (χ2v) is 10.3. The van der Waals surface area contributed by atoms with Crippen molar-refractivity contribution in [2.24, 2.45) is 14.1 Å². The Balaban J connectivity index is 0. The fraction of sp³-hybridized carbons (Fsp3) is 0.467. The Morgan fingerprint density at radius 3 is 1.64 bits per heavy atom. The Hall–Kier alpha value is -3.14. The predicted octanol–water partition coefficient (Wildman–Crippen LogP) is 4.40. The van der Waals surface area contributed by atoms with Gasteiger partial charge in [0.05, 0.1) is 13.1 Å². The first-order valence-corrected chi connectivity index (χ1v) is 15.0. The molecule has 0 aliphatic carbocycles. The molecule has 0 aliphatic rings. The summed E-state index contributed by atoms with van der Waals surface area (Å²) in [5.74, 6) is 2.12. The van der Waals surface area contributed by atoms with Crippen molar-refractivity contribution in [2.75, 3.05) is 16.6 Å². The van der Waals surface area contributed by atoms with Crippen molar-refractivity contribution >= 4 is 28.5 Å². The average molecular weight is 813 g/mol. The minimum atomic E-state index is -2.35. The Bertz CT molecular complexity index is 1220. The number of hydrogen-bond acceptors (Lipinski definition) is 6. The smallest absolute Gasteiger partial charge is 0 e. The molecule has 45 heavy (non-hydrogen) atoms. The van der Waals surface area contributed by atoms with E-state index < -0.39 is 11.3 Å². The van der Waals surface area contributed by atoms with Gasteiger partial charge in [-0.15, -0.1) is 0 Å². The van der Waals surface area contributed by atoms with Crippen LogP contribution in [0.15, 0.2) is 49.1 Å². The molecule has 2 heterocycles. The molecule has 2 N–H and O–H groups in total. The van der Waals surface area contributed by atoms with Gasteiger partial charge >= 0.3 is 33.9 Å². The van der Waals surface area contributed by atoms with Gasteiger partial charge < -0.3 is 23.7 Å². The van der Waals surface area contributed by atoms with E-state index in [0.29, 0.717) is 17.8 Å². The number of imidazole rings is 2. The number of aryl methyl sites for hydroxylation is 2. The molecule has 2 aromatic heterocycles.